The largest absolute Gasteiger partial charge is 0.493 e. The first-order valence-corrected chi connectivity index (χ1v) is 7.15. The summed E-state index contributed by atoms with van der Waals surface area (Å²) in [6, 6.07) is 4.59. The molecule has 22 heavy (non-hydrogen) atoms. The average molecular weight is 310 g/mol. The molecule has 0 spiro atoms. The molecule has 0 aliphatic heterocycles. The summed E-state index contributed by atoms with van der Waals surface area (Å²) in [4.78, 5) is 12.2. The minimum atomic E-state index is -0.604. The van der Waals surface area contributed by atoms with Gasteiger partial charge in [-0.1, -0.05) is 20.8 Å². The van der Waals surface area contributed by atoms with Crippen molar-refractivity contribution >= 4 is 11.6 Å². The number of anilines is 1. The fraction of sp³-hybridized carbons (Fsp3) is 0.562. The van der Waals surface area contributed by atoms with Crippen molar-refractivity contribution in [2.45, 2.75) is 26.8 Å². The van der Waals surface area contributed by atoms with Crippen molar-refractivity contribution in [3.8, 4) is 11.5 Å². The highest BCUT2D eigenvalue weighted by molar-refractivity contribution is 5.95. The zero-order valence-corrected chi connectivity index (χ0v) is 13.9. The summed E-state index contributed by atoms with van der Waals surface area (Å²) in [5, 5.41) is 2.80. The van der Waals surface area contributed by atoms with E-state index in [1.807, 2.05) is 20.8 Å². The number of rotatable bonds is 7. The Labute approximate surface area is 131 Å². The molecule has 0 saturated carbocycles. The van der Waals surface area contributed by atoms with Crippen LogP contribution in [0.15, 0.2) is 18.2 Å². The first-order chi connectivity index (χ1) is 10.3. The minimum Gasteiger partial charge on any atom is -0.493 e. The van der Waals surface area contributed by atoms with E-state index in [2.05, 4.69) is 5.32 Å². The van der Waals surface area contributed by atoms with Gasteiger partial charge in [0.05, 0.1) is 19.8 Å². The van der Waals surface area contributed by atoms with E-state index in [9.17, 15) is 4.79 Å². The summed E-state index contributed by atoms with van der Waals surface area (Å²) in [5.41, 5.74) is 6.25. The van der Waals surface area contributed by atoms with Crippen LogP contribution in [0, 0.1) is 5.41 Å². The Bertz CT molecular complexity index is 497. The van der Waals surface area contributed by atoms with Gasteiger partial charge in [0, 0.05) is 18.9 Å². The Hall–Kier alpha value is -1.79. The van der Waals surface area contributed by atoms with Crippen LogP contribution < -0.4 is 20.5 Å². The van der Waals surface area contributed by atoms with Crippen molar-refractivity contribution < 1.29 is 19.0 Å². The number of carbonyl (C=O) groups excluding carboxylic acids is 1. The number of benzene rings is 1. The van der Waals surface area contributed by atoms with Crippen molar-refractivity contribution in [1.29, 1.82) is 0 Å². The lowest BCUT2D eigenvalue weighted by Gasteiger charge is -2.26. The Morgan fingerprint density at radius 1 is 1.23 bits per heavy atom. The normalized spacial score (nSPS) is 12.6. The number of methoxy groups -OCH3 is 2. The molecular formula is C16H26N2O4. The van der Waals surface area contributed by atoms with E-state index in [4.69, 9.17) is 19.9 Å². The molecule has 0 unspecified atom stereocenters. The summed E-state index contributed by atoms with van der Waals surface area (Å²) < 4.78 is 15.8. The highest BCUT2D eigenvalue weighted by atomic mass is 16.5. The van der Waals surface area contributed by atoms with E-state index in [0.717, 1.165) is 0 Å². The summed E-state index contributed by atoms with van der Waals surface area (Å²) in [7, 11) is 3.16. The van der Waals surface area contributed by atoms with E-state index in [1.54, 1.807) is 32.4 Å². The number of hydrogen-bond acceptors (Lipinski definition) is 5. The van der Waals surface area contributed by atoms with Crippen LogP contribution in [-0.2, 0) is 9.53 Å². The Kier molecular flexibility index (Phi) is 6.64. The fourth-order valence-corrected chi connectivity index (χ4v) is 1.72. The van der Waals surface area contributed by atoms with Crippen molar-refractivity contribution in [3.05, 3.63) is 18.2 Å². The van der Waals surface area contributed by atoms with Crippen LogP contribution in [0.25, 0.3) is 0 Å². The van der Waals surface area contributed by atoms with Gasteiger partial charge < -0.3 is 25.3 Å². The highest BCUT2D eigenvalue weighted by Crippen LogP contribution is 2.30. The summed E-state index contributed by atoms with van der Waals surface area (Å²) in [6.07, 6.45) is 0. The maximum Gasteiger partial charge on any atom is 0.241 e. The van der Waals surface area contributed by atoms with Gasteiger partial charge in [0.2, 0.25) is 5.91 Å². The van der Waals surface area contributed by atoms with Gasteiger partial charge in [0.25, 0.3) is 0 Å². The monoisotopic (exact) mass is 310 g/mol. The molecule has 1 rings (SSSR count). The molecule has 6 nitrogen and oxygen atoms in total. The molecule has 124 valence electrons. The topological polar surface area (TPSA) is 82.8 Å². The first-order valence-electron chi connectivity index (χ1n) is 7.15. The highest BCUT2D eigenvalue weighted by Gasteiger charge is 2.27. The smallest absolute Gasteiger partial charge is 0.241 e. The van der Waals surface area contributed by atoms with Crippen molar-refractivity contribution in [2.24, 2.45) is 11.1 Å². The van der Waals surface area contributed by atoms with E-state index in [0.29, 0.717) is 30.4 Å². The molecule has 0 aromatic heterocycles. The molecule has 1 atom stereocenters. The minimum absolute atomic E-state index is 0.236. The third kappa shape index (κ3) is 5.20. The van der Waals surface area contributed by atoms with Crippen LogP contribution in [0.1, 0.15) is 20.8 Å². The van der Waals surface area contributed by atoms with Crippen LogP contribution in [0.3, 0.4) is 0 Å². The summed E-state index contributed by atoms with van der Waals surface area (Å²) >= 11 is 0. The maximum atomic E-state index is 12.2. The number of amides is 1. The predicted octanol–water partition coefficient (Wildman–Crippen LogP) is 2.03. The van der Waals surface area contributed by atoms with Crippen LogP contribution in [0.4, 0.5) is 5.69 Å². The predicted molar refractivity (Wildman–Crippen MR) is 86.4 cm³/mol. The van der Waals surface area contributed by atoms with Crippen molar-refractivity contribution in [1.82, 2.24) is 0 Å². The van der Waals surface area contributed by atoms with Crippen LogP contribution in [0.2, 0.25) is 0 Å². The molecule has 0 radical (unpaired) electrons. The van der Waals surface area contributed by atoms with E-state index in [1.165, 1.54) is 0 Å². The summed E-state index contributed by atoms with van der Waals surface area (Å²) in [5.74, 6) is 0.899. The number of carbonyl (C=O) groups is 1. The van der Waals surface area contributed by atoms with Gasteiger partial charge in [-0.3, -0.25) is 4.79 Å². The second-order valence-electron chi connectivity index (χ2n) is 6.04. The quantitative estimate of drug-likeness (QED) is 0.753. The van der Waals surface area contributed by atoms with Gasteiger partial charge in [-0.25, -0.2) is 0 Å². The van der Waals surface area contributed by atoms with Crippen LogP contribution in [0.5, 0.6) is 11.5 Å². The van der Waals surface area contributed by atoms with Gasteiger partial charge in [-0.15, -0.1) is 0 Å². The van der Waals surface area contributed by atoms with E-state index in [-0.39, 0.29) is 11.3 Å². The van der Waals surface area contributed by atoms with Crippen LogP contribution in [-0.4, -0.2) is 39.4 Å². The molecule has 0 aliphatic carbocycles. The average Bonchev–Trinajstić information content (AvgIpc) is 2.46. The lowest BCUT2D eigenvalue weighted by molar-refractivity contribution is -0.119. The van der Waals surface area contributed by atoms with Crippen molar-refractivity contribution in [2.75, 3.05) is 32.8 Å². The van der Waals surface area contributed by atoms with E-state index >= 15 is 0 Å². The number of nitrogens with two attached hydrogens (primary N) is 1. The zero-order valence-electron chi connectivity index (χ0n) is 13.9. The Morgan fingerprint density at radius 3 is 2.45 bits per heavy atom. The molecule has 0 bridgehead atoms. The molecule has 6 heteroatoms. The maximum absolute atomic E-state index is 12.2. The molecule has 0 heterocycles. The van der Waals surface area contributed by atoms with Gasteiger partial charge in [-0.2, -0.15) is 0 Å². The number of hydrogen-bond donors (Lipinski definition) is 2. The number of nitrogens with one attached hydrogen (secondary N) is 1. The SMILES string of the molecule is COCCOc1cc(NC(=O)[C@@H](N)C(C)(C)C)ccc1OC. The third-order valence-electron chi connectivity index (χ3n) is 3.19. The second kappa shape index (κ2) is 8.00. The fourth-order valence-electron chi connectivity index (χ4n) is 1.72. The Morgan fingerprint density at radius 2 is 1.91 bits per heavy atom. The first kappa shape index (κ1) is 18.3. The van der Waals surface area contributed by atoms with Crippen molar-refractivity contribution in [3.63, 3.8) is 0 Å². The number of ether oxygens (including phenoxy) is 3. The standard InChI is InChI=1S/C16H26N2O4/c1-16(2,3)14(17)15(19)18-11-6-7-12(21-5)13(10-11)22-9-8-20-4/h6-7,10,14H,8-9,17H2,1-5H3,(H,18,19)/t14-/m1/s1. The molecule has 3 N–H and O–H groups in total. The molecule has 1 aromatic rings. The van der Waals surface area contributed by atoms with E-state index < -0.39 is 6.04 Å². The molecule has 1 aromatic carbocycles. The zero-order chi connectivity index (χ0) is 16.8. The third-order valence-corrected chi connectivity index (χ3v) is 3.19. The lowest BCUT2D eigenvalue weighted by atomic mass is 9.87. The second-order valence-corrected chi connectivity index (χ2v) is 6.04. The van der Waals surface area contributed by atoms with Gasteiger partial charge in [-0.05, 0) is 17.5 Å². The molecule has 0 aliphatic rings. The van der Waals surface area contributed by atoms with Gasteiger partial charge in [0.15, 0.2) is 11.5 Å². The molecule has 0 fully saturated rings. The van der Waals surface area contributed by atoms with Gasteiger partial charge in [0.1, 0.15) is 6.61 Å². The molecule has 0 saturated heterocycles. The lowest BCUT2D eigenvalue weighted by Crippen LogP contribution is -2.45. The van der Waals surface area contributed by atoms with Gasteiger partial charge >= 0.3 is 0 Å². The Balaban J connectivity index is 2.83. The molecular weight excluding hydrogens is 284 g/mol. The molecule has 1 amide bonds. The summed E-state index contributed by atoms with van der Waals surface area (Å²) in [6.45, 7) is 6.63. The van der Waals surface area contributed by atoms with Crippen LogP contribution >= 0.6 is 0 Å².